The van der Waals surface area contributed by atoms with Gasteiger partial charge in [0.1, 0.15) is 11.8 Å². The normalized spacial score (nSPS) is 35.6. The molecule has 0 radical (unpaired) electrons. The molecule has 2 fully saturated rings. The van der Waals surface area contributed by atoms with Crippen LogP contribution >= 0.6 is 0 Å². The lowest BCUT2D eigenvalue weighted by Gasteiger charge is -2.38. The number of aryl methyl sites for hydroxylation is 1. The Balaban J connectivity index is 1.79. The molecule has 2 bridgehead atoms. The number of fused-ring (bicyclic) bond motifs is 2. The van der Waals surface area contributed by atoms with E-state index in [1.165, 1.54) is 6.42 Å². The second-order valence-corrected chi connectivity index (χ2v) is 6.89. The molecule has 3 unspecified atom stereocenters. The lowest BCUT2D eigenvalue weighted by Crippen LogP contribution is -2.38. The largest absolute Gasteiger partial charge is 0.457 e. The fourth-order valence-electron chi connectivity index (χ4n) is 4.05. The van der Waals surface area contributed by atoms with Gasteiger partial charge in [-0.2, -0.15) is 0 Å². The highest BCUT2D eigenvalue weighted by molar-refractivity contribution is 5.87. The van der Waals surface area contributed by atoms with Crippen LogP contribution < -0.4 is 0 Å². The Bertz CT molecular complexity index is 520. The molecule has 1 heterocycles. The second kappa shape index (κ2) is 3.84. The summed E-state index contributed by atoms with van der Waals surface area (Å²) in [6, 6.07) is 0. The predicted octanol–water partition coefficient (Wildman–Crippen LogP) is 2.79. The molecule has 1 aromatic heterocycles. The molecule has 4 nitrogen and oxygen atoms in total. The van der Waals surface area contributed by atoms with Crippen LogP contribution in [0.2, 0.25) is 0 Å². The maximum absolute atomic E-state index is 12.2. The van der Waals surface area contributed by atoms with Gasteiger partial charge in [0.05, 0.1) is 12.5 Å². The summed E-state index contributed by atoms with van der Waals surface area (Å²) in [7, 11) is 1.82. The standard InChI is InChI=1S/C15H22N2O2/c1-14(2)10-5-6-15(14,3)12(7-10)19-13(18)11-8-16-9-17(11)4/h8-10,12H,5-7H2,1-4H3. The number of carbonyl (C=O) groups is 1. The van der Waals surface area contributed by atoms with E-state index in [1.807, 2.05) is 7.05 Å². The number of hydrogen-bond acceptors (Lipinski definition) is 3. The van der Waals surface area contributed by atoms with E-state index in [0.717, 1.165) is 12.8 Å². The van der Waals surface area contributed by atoms with Crippen molar-refractivity contribution in [3.63, 3.8) is 0 Å². The molecule has 19 heavy (non-hydrogen) atoms. The molecule has 2 aliphatic carbocycles. The molecule has 0 aliphatic heterocycles. The number of aromatic nitrogens is 2. The van der Waals surface area contributed by atoms with Crippen LogP contribution in [0.4, 0.5) is 0 Å². The first-order valence-electron chi connectivity index (χ1n) is 7.03. The molecule has 2 saturated carbocycles. The van der Waals surface area contributed by atoms with Gasteiger partial charge < -0.3 is 9.30 Å². The third-order valence-electron chi connectivity index (χ3n) is 5.99. The van der Waals surface area contributed by atoms with E-state index in [9.17, 15) is 4.79 Å². The third-order valence-corrected chi connectivity index (χ3v) is 5.99. The Labute approximate surface area is 114 Å². The zero-order valence-corrected chi connectivity index (χ0v) is 12.1. The van der Waals surface area contributed by atoms with E-state index in [0.29, 0.717) is 11.6 Å². The zero-order chi connectivity index (χ0) is 13.8. The topological polar surface area (TPSA) is 44.1 Å². The number of nitrogens with zero attached hydrogens (tertiary/aromatic N) is 2. The SMILES string of the molecule is Cn1cncc1C(=O)OC1CC2CCC1(C)C2(C)C. The molecule has 4 heteroatoms. The van der Waals surface area contributed by atoms with Crippen LogP contribution in [-0.4, -0.2) is 21.6 Å². The summed E-state index contributed by atoms with van der Waals surface area (Å²) in [6.07, 6.45) is 6.68. The Morgan fingerprint density at radius 1 is 1.47 bits per heavy atom. The average molecular weight is 262 g/mol. The molecular weight excluding hydrogens is 240 g/mol. The van der Waals surface area contributed by atoms with E-state index < -0.39 is 0 Å². The van der Waals surface area contributed by atoms with E-state index in [-0.39, 0.29) is 22.9 Å². The lowest BCUT2D eigenvalue weighted by atomic mass is 9.70. The van der Waals surface area contributed by atoms with Crippen molar-refractivity contribution in [1.29, 1.82) is 0 Å². The monoisotopic (exact) mass is 262 g/mol. The van der Waals surface area contributed by atoms with E-state index in [2.05, 4.69) is 25.8 Å². The highest BCUT2D eigenvalue weighted by Crippen LogP contribution is 2.66. The summed E-state index contributed by atoms with van der Waals surface area (Å²) in [4.78, 5) is 16.2. The van der Waals surface area contributed by atoms with Crippen molar-refractivity contribution in [2.24, 2.45) is 23.8 Å². The van der Waals surface area contributed by atoms with E-state index in [1.54, 1.807) is 17.1 Å². The predicted molar refractivity (Wildman–Crippen MR) is 71.6 cm³/mol. The molecule has 0 amide bonds. The molecule has 0 spiro atoms. The number of carbonyl (C=O) groups excluding carboxylic acids is 1. The highest BCUT2D eigenvalue weighted by atomic mass is 16.5. The van der Waals surface area contributed by atoms with Crippen LogP contribution in [0, 0.1) is 16.7 Å². The number of hydrogen-bond donors (Lipinski definition) is 0. The summed E-state index contributed by atoms with van der Waals surface area (Å²) in [6.45, 7) is 6.92. The van der Waals surface area contributed by atoms with Gasteiger partial charge in [0, 0.05) is 12.5 Å². The molecule has 2 aliphatic rings. The third kappa shape index (κ3) is 1.58. The summed E-state index contributed by atoms with van der Waals surface area (Å²) in [5, 5.41) is 0. The Morgan fingerprint density at radius 3 is 2.68 bits per heavy atom. The Hall–Kier alpha value is -1.32. The van der Waals surface area contributed by atoms with Crippen molar-refractivity contribution >= 4 is 5.97 Å². The van der Waals surface area contributed by atoms with Crippen molar-refractivity contribution in [2.45, 2.75) is 46.1 Å². The number of imidazole rings is 1. The van der Waals surface area contributed by atoms with Gasteiger partial charge in [-0.3, -0.25) is 0 Å². The van der Waals surface area contributed by atoms with Crippen LogP contribution in [0.15, 0.2) is 12.5 Å². The molecule has 104 valence electrons. The van der Waals surface area contributed by atoms with Gasteiger partial charge >= 0.3 is 5.97 Å². The zero-order valence-electron chi connectivity index (χ0n) is 12.1. The molecule has 3 atom stereocenters. The van der Waals surface area contributed by atoms with Crippen LogP contribution in [0.3, 0.4) is 0 Å². The molecular formula is C15H22N2O2. The number of rotatable bonds is 2. The van der Waals surface area contributed by atoms with Crippen LogP contribution in [0.25, 0.3) is 0 Å². The first-order valence-corrected chi connectivity index (χ1v) is 7.03. The highest BCUT2D eigenvalue weighted by Gasteiger charge is 2.62. The van der Waals surface area contributed by atoms with Crippen molar-refractivity contribution in [1.82, 2.24) is 9.55 Å². The summed E-state index contributed by atoms with van der Waals surface area (Å²) in [5.74, 6) is 0.441. The van der Waals surface area contributed by atoms with Crippen LogP contribution in [0.1, 0.15) is 50.5 Å². The minimum Gasteiger partial charge on any atom is -0.457 e. The fraction of sp³-hybridized carbons (Fsp3) is 0.733. The number of ether oxygens (including phenoxy) is 1. The van der Waals surface area contributed by atoms with Gasteiger partial charge in [0.2, 0.25) is 0 Å². The van der Waals surface area contributed by atoms with Gasteiger partial charge in [-0.15, -0.1) is 0 Å². The minimum absolute atomic E-state index is 0.0450. The summed E-state index contributed by atoms with van der Waals surface area (Å²) < 4.78 is 7.52. The van der Waals surface area contributed by atoms with Gasteiger partial charge in [-0.25, -0.2) is 9.78 Å². The maximum Gasteiger partial charge on any atom is 0.356 e. The molecule has 0 saturated heterocycles. The summed E-state index contributed by atoms with van der Waals surface area (Å²) >= 11 is 0. The van der Waals surface area contributed by atoms with Crippen molar-refractivity contribution < 1.29 is 9.53 Å². The molecule has 1 aromatic rings. The minimum atomic E-state index is -0.241. The molecule has 0 aromatic carbocycles. The first-order chi connectivity index (χ1) is 8.86. The quantitative estimate of drug-likeness (QED) is 0.770. The average Bonchev–Trinajstić information content (AvgIpc) is 2.90. The van der Waals surface area contributed by atoms with Gasteiger partial charge in [0.25, 0.3) is 0 Å². The molecule has 0 N–H and O–H groups in total. The fourth-order valence-corrected chi connectivity index (χ4v) is 4.05. The first kappa shape index (κ1) is 12.7. The molecule has 3 rings (SSSR count). The Morgan fingerprint density at radius 2 is 2.21 bits per heavy atom. The number of esters is 1. The van der Waals surface area contributed by atoms with E-state index >= 15 is 0 Å². The van der Waals surface area contributed by atoms with Crippen molar-refractivity contribution in [3.8, 4) is 0 Å². The smallest absolute Gasteiger partial charge is 0.356 e. The Kier molecular flexibility index (Phi) is 2.57. The van der Waals surface area contributed by atoms with Crippen molar-refractivity contribution in [2.75, 3.05) is 0 Å². The summed E-state index contributed by atoms with van der Waals surface area (Å²) in [5.41, 5.74) is 0.917. The second-order valence-electron chi connectivity index (χ2n) is 6.89. The van der Waals surface area contributed by atoms with Crippen LogP contribution in [0.5, 0.6) is 0 Å². The van der Waals surface area contributed by atoms with Gasteiger partial charge in [-0.1, -0.05) is 20.8 Å². The van der Waals surface area contributed by atoms with E-state index in [4.69, 9.17) is 4.74 Å². The van der Waals surface area contributed by atoms with Crippen molar-refractivity contribution in [3.05, 3.63) is 18.2 Å². The van der Waals surface area contributed by atoms with Gasteiger partial charge in [0.15, 0.2) is 0 Å². The van der Waals surface area contributed by atoms with Gasteiger partial charge in [-0.05, 0) is 30.6 Å². The maximum atomic E-state index is 12.2. The van der Waals surface area contributed by atoms with Crippen LogP contribution in [-0.2, 0) is 11.8 Å². The lowest BCUT2D eigenvalue weighted by molar-refractivity contribution is -0.0249.